The molecular weight excluding hydrogens is 452 g/mol. The Morgan fingerprint density at radius 2 is 1.77 bits per heavy atom. The highest BCUT2D eigenvalue weighted by atomic mass is 19.1. The molecule has 3 aliphatic rings. The van der Waals surface area contributed by atoms with E-state index in [0.29, 0.717) is 56.0 Å². The van der Waals surface area contributed by atoms with Gasteiger partial charge in [-0.25, -0.2) is 8.78 Å². The second-order valence-electron chi connectivity index (χ2n) is 10.2. The predicted octanol–water partition coefficient (Wildman–Crippen LogP) is 4.44. The number of carbonyl (C=O) groups is 2. The van der Waals surface area contributed by atoms with Gasteiger partial charge in [-0.15, -0.1) is 0 Å². The molecule has 0 bridgehead atoms. The Hall–Kier alpha value is -3.26. The fraction of sp³-hybridized carbons (Fsp3) is 0.407. The maximum atomic E-state index is 14.4. The highest BCUT2D eigenvalue weighted by Crippen LogP contribution is 2.48. The number of hydrogen-bond acceptors (Lipinski definition) is 5. The molecule has 0 saturated carbocycles. The number of fused-ring (bicyclic) bond motifs is 1. The molecule has 184 valence electrons. The molecule has 2 aromatic rings. The summed E-state index contributed by atoms with van der Waals surface area (Å²) in [5.74, 6) is -1.67. The van der Waals surface area contributed by atoms with Crippen LogP contribution < -0.4 is 10.2 Å². The lowest BCUT2D eigenvalue weighted by atomic mass is 9.73. The highest BCUT2D eigenvalue weighted by Gasteiger charge is 2.42. The summed E-state index contributed by atoms with van der Waals surface area (Å²) in [6.45, 7) is 5.90. The third-order valence-corrected chi connectivity index (χ3v) is 6.87. The molecule has 8 heteroatoms. The molecule has 1 saturated heterocycles. The summed E-state index contributed by atoms with van der Waals surface area (Å²) in [5, 5.41) is 3.44. The van der Waals surface area contributed by atoms with Gasteiger partial charge in [-0.1, -0.05) is 26.0 Å². The van der Waals surface area contributed by atoms with Gasteiger partial charge in [0, 0.05) is 36.8 Å². The van der Waals surface area contributed by atoms with E-state index >= 15 is 0 Å². The van der Waals surface area contributed by atoms with Crippen LogP contribution in [0.1, 0.15) is 38.3 Å². The van der Waals surface area contributed by atoms with E-state index in [4.69, 9.17) is 4.74 Å². The van der Waals surface area contributed by atoms with Crippen molar-refractivity contribution in [3.8, 4) is 0 Å². The van der Waals surface area contributed by atoms with Gasteiger partial charge in [0.2, 0.25) is 5.91 Å². The van der Waals surface area contributed by atoms with Crippen LogP contribution in [0.15, 0.2) is 53.7 Å². The number of allylic oxidation sites excluding steroid dienone is 1. The summed E-state index contributed by atoms with van der Waals surface area (Å²) in [6, 6.07) is 10.0. The van der Waals surface area contributed by atoms with Gasteiger partial charge in [-0.2, -0.15) is 0 Å². The second-order valence-corrected chi connectivity index (χ2v) is 10.2. The quantitative estimate of drug-likeness (QED) is 0.703. The topological polar surface area (TPSA) is 61.9 Å². The molecular formula is C27H29F2N3O3. The monoisotopic (exact) mass is 481 g/mol. The summed E-state index contributed by atoms with van der Waals surface area (Å²) < 4.78 is 34.3. The first-order valence-corrected chi connectivity index (χ1v) is 11.9. The number of benzene rings is 2. The van der Waals surface area contributed by atoms with Crippen molar-refractivity contribution in [1.82, 2.24) is 4.90 Å². The zero-order chi connectivity index (χ0) is 24.7. The van der Waals surface area contributed by atoms with E-state index in [1.807, 2.05) is 43.0 Å². The fourth-order valence-electron chi connectivity index (χ4n) is 5.37. The maximum Gasteiger partial charge on any atom is 0.242 e. The van der Waals surface area contributed by atoms with Gasteiger partial charge in [0.15, 0.2) is 5.78 Å². The Bertz CT molecular complexity index is 1180. The average Bonchev–Trinajstić information content (AvgIpc) is 2.93. The first kappa shape index (κ1) is 23.5. The molecule has 5 rings (SSSR count). The number of carbonyl (C=O) groups excluding carboxylic acids is 2. The molecule has 0 aromatic heterocycles. The number of morpholine rings is 1. The molecule has 35 heavy (non-hydrogen) atoms. The molecule has 0 spiro atoms. The van der Waals surface area contributed by atoms with Gasteiger partial charge in [0.25, 0.3) is 0 Å². The molecule has 1 aliphatic carbocycles. The molecule has 1 N–H and O–H groups in total. The van der Waals surface area contributed by atoms with E-state index in [-0.39, 0.29) is 23.7 Å². The number of para-hydroxylation sites is 2. The van der Waals surface area contributed by atoms with Crippen LogP contribution in [-0.2, 0) is 14.3 Å². The van der Waals surface area contributed by atoms with Crippen LogP contribution in [0.25, 0.3) is 0 Å². The highest BCUT2D eigenvalue weighted by molar-refractivity contribution is 6.01. The summed E-state index contributed by atoms with van der Waals surface area (Å²) >= 11 is 0. The Morgan fingerprint density at radius 1 is 1.09 bits per heavy atom. The van der Waals surface area contributed by atoms with Gasteiger partial charge in [0.1, 0.15) is 11.6 Å². The van der Waals surface area contributed by atoms with Crippen molar-refractivity contribution in [2.45, 2.75) is 32.7 Å². The molecule has 1 atom stereocenters. The summed E-state index contributed by atoms with van der Waals surface area (Å²) in [5.41, 5.74) is 2.67. The second kappa shape index (κ2) is 9.07. The van der Waals surface area contributed by atoms with Gasteiger partial charge < -0.3 is 19.9 Å². The maximum absolute atomic E-state index is 14.4. The SMILES string of the molecule is CC1(C)CC(=O)C2=C(C1)Nc1ccccc1N(CC(=O)N1CCOCC1)C2c1cc(F)cc(F)c1. The lowest BCUT2D eigenvalue weighted by Crippen LogP contribution is -2.47. The minimum Gasteiger partial charge on any atom is -0.378 e. The summed E-state index contributed by atoms with van der Waals surface area (Å²) in [6.07, 6.45) is 0.908. The number of rotatable bonds is 3. The molecule has 2 aliphatic heterocycles. The first-order valence-electron chi connectivity index (χ1n) is 11.9. The normalized spacial score (nSPS) is 21.7. The summed E-state index contributed by atoms with van der Waals surface area (Å²) in [4.78, 5) is 30.6. The molecule has 2 aromatic carbocycles. The smallest absolute Gasteiger partial charge is 0.242 e. The van der Waals surface area contributed by atoms with Crippen LogP contribution in [-0.4, -0.2) is 49.4 Å². The zero-order valence-corrected chi connectivity index (χ0v) is 19.9. The fourth-order valence-corrected chi connectivity index (χ4v) is 5.37. The van der Waals surface area contributed by atoms with E-state index in [1.54, 1.807) is 4.90 Å². The predicted molar refractivity (Wildman–Crippen MR) is 129 cm³/mol. The molecule has 1 unspecified atom stereocenters. The number of amides is 1. The van der Waals surface area contributed by atoms with Crippen LogP contribution in [0.4, 0.5) is 20.2 Å². The third-order valence-electron chi connectivity index (χ3n) is 6.87. The Balaban J connectivity index is 1.69. The number of hydrogen-bond donors (Lipinski definition) is 1. The van der Waals surface area contributed by atoms with Crippen molar-refractivity contribution in [1.29, 1.82) is 0 Å². The van der Waals surface area contributed by atoms with E-state index in [2.05, 4.69) is 5.32 Å². The van der Waals surface area contributed by atoms with E-state index < -0.39 is 17.7 Å². The molecule has 2 heterocycles. The van der Waals surface area contributed by atoms with Gasteiger partial charge in [-0.3, -0.25) is 9.59 Å². The van der Waals surface area contributed by atoms with Crippen LogP contribution in [0.2, 0.25) is 0 Å². The summed E-state index contributed by atoms with van der Waals surface area (Å²) in [7, 11) is 0. The number of anilines is 2. The van der Waals surface area contributed by atoms with Crippen molar-refractivity contribution >= 4 is 23.1 Å². The Labute approximate surface area is 203 Å². The third kappa shape index (κ3) is 4.67. The van der Waals surface area contributed by atoms with Gasteiger partial charge >= 0.3 is 0 Å². The van der Waals surface area contributed by atoms with Crippen LogP contribution >= 0.6 is 0 Å². The molecule has 0 radical (unpaired) electrons. The number of ether oxygens (including phenoxy) is 1. The lowest BCUT2D eigenvalue weighted by molar-refractivity contribution is -0.133. The van der Waals surface area contributed by atoms with E-state index in [1.165, 1.54) is 12.1 Å². The lowest BCUT2D eigenvalue weighted by Gasteiger charge is -2.39. The first-order chi connectivity index (χ1) is 16.7. The number of nitrogens with one attached hydrogen (secondary N) is 1. The number of nitrogens with zero attached hydrogens (tertiary/aromatic N) is 2. The zero-order valence-electron chi connectivity index (χ0n) is 19.9. The molecule has 1 amide bonds. The Kier molecular flexibility index (Phi) is 6.09. The number of ketones is 1. The standard InChI is InChI=1S/C27H29F2N3O3/c1-27(2)14-21-25(23(33)15-27)26(17-11-18(28)13-19(29)12-17)32(22-6-4-3-5-20(22)30-21)16-24(34)31-7-9-35-10-8-31/h3-6,11-13,26,30H,7-10,14-16H2,1-2H3. The Morgan fingerprint density at radius 3 is 2.49 bits per heavy atom. The average molecular weight is 482 g/mol. The van der Waals surface area contributed by atoms with Crippen LogP contribution in [0, 0.1) is 17.0 Å². The van der Waals surface area contributed by atoms with Crippen LogP contribution in [0.3, 0.4) is 0 Å². The largest absolute Gasteiger partial charge is 0.378 e. The van der Waals surface area contributed by atoms with Crippen molar-refractivity contribution in [2.75, 3.05) is 43.1 Å². The van der Waals surface area contributed by atoms with Crippen molar-refractivity contribution in [3.05, 3.63) is 70.9 Å². The number of halogens is 2. The van der Waals surface area contributed by atoms with Crippen LogP contribution in [0.5, 0.6) is 0 Å². The van der Waals surface area contributed by atoms with Crippen molar-refractivity contribution < 1.29 is 23.1 Å². The minimum atomic E-state index is -0.819. The van der Waals surface area contributed by atoms with Gasteiger partial charge in [0.05, 0.1) is 37.2 Å². The number of Topliss-reactive ketones (excluding diaryl/α,β-unsaturated/α-hetero) is 1. The van der Waals surface area contributed by atoms with E-state index in [9.17, 15) is 18.4 Å². The van der Waals surface area contributed by atoms with Gasteiger partial charge in [-0.05, 0) is 41.7 Å². The minimum absolute atomic E-state index is 0.0467. The van der Waals surface area contributed by atoms with Crippen molar-refractivity contribution in [3.63, 3.8) is 0 Å². The molecule has 6 nitrogen and oxygen atoms in total. The van der Waals surface area contributed by atoms with E-state index in [0.717, 1.165) is 17.5 Å². The molecule has 1 fully saturated rings. The van der Waals surface area contributed by atoms with Crippen molar-refractivity contribution in [2.24, 2.45) is 5.41 Å².